The highest BCUT2D eigenvalue weighted by molar-refractivity contribution is 7.80. The Balaban J connectivity index is 1.27. The third kappa shape index (κ3) is 3.01. The zero-order chi connectivity index (χ0) is 15.0. The Hall–Kier alpha value is -1.09. The van der Waals surface area contributed by atoms with E-state index in [-0.39, 0.29) is 0 Å². The fourth-order valence-electron chi connectivity index (χ4n) is 5.73. The molecule has 0 unspecified atom stereocenters. The van der Waals surface area contributed by atoms with Gasteiger partial charge in [-0.2, -0.15) is 0 Å². The van der Waals surface area contributed by atoms with Crippen LogP contribution in [0.3, 0.4) is 0 Å². The first kappa shape index (κ1) is 14.5. The summed E-state index contributed by atoms with van der Waals surface area (Å²) in [5.41, 5.74) is 1.71. The van der Waals surface area contributed by atoms with Crippen LogP contribution in [0.1, 0.15) is 44.9 Å². The van der Waals surface area contributed by atoms with Gasteiger partial charge in [0.2, 0.25) is 0 Å². The summed E-state index contributed by atoms with van der Waals surface area (Å²) in [5.74, 6) is 3.13. The molecule has 118 valence electrons. The van der Waals surface area contributed by atoms with Gasteiger partial charge in [-0.05, 0) is 92.5 Å². The van der Waals surface area contributed by atoms with Crippen molar-refractivity contribution in [3.05, 3.63) is 30.3 Å². The number of hydrogen-bond donors (Lipinski definition) is 2. The van der Waals surface area contributed by atoms with Gasteiger partial charge in [-0.15, -0.1) is 0 Å². The molecule has 0 aromatic heterocycles. The first-order valence-electron chi connectivity index (χ1n) is 8.81. The molecule has 0 atom stereocenters. The molecule has 4 aliphatic carbocycles. The van der Waals surface area contributed by atoms with Crippen molar-refractivity contribution >= 4 is 23.0 Å². The zero-order valence-electron chi connectivity index (χ0n) is 13.2. The number of para-hydroxylation sites is 1. The van der Waals surface area contributed by atoms with Crippen molar-refractivity contribution in [2.75, 3.05) is 11.9 Å². The van der Waals surface area contributed by atoms with E-state index >= 15 is 0 Å². The highest BCUT2D eigenvalue weighted by atomic mass is 32.1. The van der Waals surface area contributed by atoms with Crippen LogP contribution in [-0.4, -0.2) is 11.7 Å². The summed E-state index contributed by atoms with van der Waals surface area (Å²) in [6.45, 7) is 1.02. The molecule has 4 saturated carbocycles. The Morgan fingerprint density at radius 3 is 2.18 bits per heavy atom. The van der Waals surface area contributed by atoms with Crippen molar-refractivity contribution in [1.29, 1.82) is 0 Å². The Bertz CT molecular complexity index is 504. The Morgan fingerprint density at radius 1 is 1.00 bits per heavy atom. The minimum Gasteiger partial charge on any atom is -0.362 e. The van der Waals surface area contributed by atoms with Crippen molar-refractivity contribution in [2.24, 2.45) is 23.2 Å². The van der Waals surface area contributed by atoms with Crippen LogP contribution in [0, 0.1) is 23.2 Å². The molecule has 22 heavy (non-hydrogen) atoms. The number of anilines is 1. The molecule has 5 rings (SSSR count). The van der Waals surface area contributed by atoms with Crippen molar-refractivity contribution in [3.8, 4) is 0 Å². The van der Waals surface area contributed by atoms with Crippen molar-refractivity contribution in [3.63, 3.8) is 0 Å². The van der Waals surface area contributed by atoms with E-state index in [0.717, 1.165) is 35.1 Å². The maximum Gasteiger partial charge on any atom is 0.170 e. The van der Waals surface area contributed by atoms with Crippen LogP contribution in [0.25, 0.3) is 0 Å². The van der Waals surface area contributed by atoms with Crippen LogP contribution in [0.2, 0.25) is 0 Å². The molecule has 4 fully saturated rings. The lowest BCUT2D eigenvalue weighted by atomic mass is 9.49. The van der Waals surface area contributed by atoms with Gasteiger partial charge in [0.1, 0.15) is 0 Å². The predicted molar refractivity (Wildman–Crippen MR) is 95.9 cm³/mol. The molecular weight excluding hydrogens is 288 g/mol. The summed E-state index contributed by atoms with van der Waals surface area (Å²) in [6.07, 6.45) is 10.3. The second-order valence-electron chi connectivity index (χ2n) is 7.91. The maximum absolute atomic E-state index is 5.42. The Labute approximate surface area is 139 Å². The van der Waals surface area contributed by atoms with Crippen molar-refractivity contribution in [1.82, 2.24) is 5.32 Å². The minimum atomic E-state index is 0.643. The van der Waals surface area contributed by atoms with Gasteiger partial charge >= 0.3 is 0 Å². The van der Waals surface area contributed by atoms with Gasteiger partial charge in [-0.1, -0.05) is 18.2 Å². The van der Waals surface area contributed by atoms with Gasteiger partial charge < -0.3 is 10.6 Å². The average Bonchev–Trinajstić information content (AvgIpc) is 2.46. The third-order valence-electron chi connectivity index (χ3n) is 6.14. The molecular formula is C19H26N2S. The van der Waals surface area contributed by atoms with Gasteiger partial charge in [0.15, 0.2) is 5.11 Å². The molecule has 0 amide bonds. The molecule has 4 aliphatic rings. The average molecular weight is 314 g/mol. The van der Waals surface area contributed by atoms with E-state index in [1.54, 1.807) is 0 Å². The summed E-state index contributed by atoms with van der Waals surface area (Å²) in [5, 5.41) is 7.46. The highest BCUT2D eigenvalue weighted by Crippen LogP contribution is 2.61. The van der Waals surface area contributed by atoms with Gasteiger partial charge in [-0.25, -0.2) is 0 Å². The van der Waals surface area contributed by atoms with Crippen molar-refractivity contribution < 1.29 is 0 Å². The number of nitrogens with one attached hydrogen (secondary N) is 2. The quantitative estimate of drug-likeness (QED) is 0.796. The molecule has 2 N–H and O–H groups in total. The van der Waals surface area contributed by atoms with E-state index in [4.69, 9.17) is 12.2 Å². The highest BCUT2D eigenvalue weighted by Gasteiger charge is 2.50. The zero-order valence-corrected chi connectivity index (χ0v) is 14.0. The van der Waals surface area contributed by atoms with Crippen LogP contribution in [0.4, 0.5) is 5.69 Å². The minimum absolute atomic E-state index is 0.643. The number of hydrogen-bond acceptors (Lipinski definition) is 1. The molecule has 0 spiro atoms. The van der Waals surface area contributed by atoms with Gasteiger partial charge in [-0.3, -0.25) is 0 Å². The monoisotopic (exact) mass is 314 g/mol. The van der Waals surface area contributed by atoms with Crippen molar-refractivity contribution in [2.45, 2.75) is 44.9 Å². The third-order valence-corrected chi connectivity index (χ3v) is 6.38. The van der Waals surface area contributed by atoms with E-state index in [1.807, 2.05) is 30.3 Å². The molecule has 0 aliphatic heterocycles. The second kappa shape index (κ2) is 5.84. The summed E-state index contributed by atoms with van der Waals surface area (Å²) >= 11 is 5.42. The maximum atomic E-state index is 5.42. The molecule has 1 aromatic carbocycles. The Kier molecular flexibility index (Phi) is 3.85. The lowest BCUT2D eigenvalue weighted by Gasteiger charge is -2.57. The normalized spacial score (nSPS) is 35.4. The van der Waals surface area contributed by atoms with Crippen LogP contribution in [0.15, 0.2) is 30.3 Å². The first-order valence-corrected chi connectivity index (χ1v) is 9.22. The van der Waals surface area contributed by atoms with Gasteiger partial charge in [0.25, 0.3) is 0 Å². The Morgan fingerprint density at radius 2 is 1.59 bits per heavy atom. The first-order chi connectivity index (χ1) is 10.7. The SMILES string of the molecule is S=C(NCCC12CC3CC(CC(C3)C1)C2)Nc1ccccc1. The van der Waals surface area contributed by atoms with Crippen LogP contribution >= 0.6 is 12.2 Å². The molecule has 0 saturated heterocycles. The number of rotatable bonds is 4. The van der Waals surface area contributed by atoms with Crippen LogP contribution in [-0.2, 0) is 0 Å². The fraction of sp³-hybridized carbons (Fsp3) is 0.632. The lowest BCUT2D eigenvalue weighted by Crippen LogP contribution is -2.47. The standard InChI is InChI=1S/C19H26N2S/c22-18(21-17-4-2-1-3-5-17)20-7-6-19-11-14-8-15(12-19)10-16(9-14)13-19/h1-5,14-16H,6-13H2,(H2,20,21,22). The summed E-state index contributed by atoms with van der Waals surface area (Å²) < 4.78 is 0. The predicted octanol–water partition coefficient (Wildman–Crippen LogP) is 4.58. The van der Waals surface area contributed by atoms with Gasteiger partial charge in [0, 0.05) is 12.2 Å². The molecule has 0 heterocycles. The summed E-state index contributed by atoms with van der Waals surface area (Å²) in [6, 6.07) is 10.2. The van der Waals surface area contributed by atoms with Crippen LogP contribution < -0.4 is 10.6 Å². The lowest BCUT2D eigenvalue weighted by molar-refractivity contribution is -0.0562. The topological polar surface area (TPSA) is 24.1 Å². The van der Waals surface area contributed by atoms with E-state index < -0.39 is 0 Å². The second-order valence-corrected chi connectivity index (χ2v) is 8.32. The summed E-state index contributed by atoms with van der Waals surface area (Å²) in [7, 11) is 0. The van der Waals surface area contributed by atoms with E-state index in [2.05, 4.69) is 10.6 Å². The summed E-state index contributed by atoms with van der Waals surface area (Å²) in [4.78, 5) is 0. The van der Waals surface area contributed by atoms with Crippen LogP contribution in [0.5, 0.6) is 0 Å². The van der Waals surface area contributed by atoms with E-state index in [1.165, 1.54) is 44.9 Å². The van der Waals surface area contributed by atoms with E-state index in [0.29, 0.717) is 5.41 Å². The fourth-order valence-corrected chi connectivity index (χ4v) is 5.95. The van der Waals surface area contributed by atoms with E-state index in [9.17, 15) is 0 Å². The molecule has 2 nitrogen and oxygen atoms in total. The molecule has 1 aromatic rings. The van der Waals surface area contributed by atoms with Gasteiger partial charge in [0.05, 0.1) is 0 Å². The molecule has 4 bridgehead atoms. The molecule has 0 radical (unpaired) electrons. The number of thiocarbonyl (C=S) groups is 1. The smallest absolute Gasteiger partial charge is 0.170 e. The number of benzene rings is 1. The largest absolute Gasteiger partial charge is 0.362 e. The molecule has 3 heteroatoms.